The van der Waals surface area contributed by atoms with E-state index in [1.807, 2.05) is 19.6 Å². The molecule has 3 nitrogen and oxygen atoms in total. The van der Waals surface area contributed by atoms with Crippen molar-refractivity contribution in [3.63, 3.8) is 0 Å². The van der Waals surface area contributed by atoms with Crippen LogP contribution in [0.1, 0.15) is 23.1 Å². The molecule has 0 saturated heterocycles. The van der Waals surface area contributed by atoms with Crippen LogP contribution in [0.3, 0.4) is 0 Å². The number of hydrogen-bond donors (Lipinski definition) is 2. The molecule has 1 unspecified atom stereocenters. The number of fused-ring (bicyclic) bond motifs is 1. The molecular weight excluding hydrogens is 335 g/mol. The van der Waals surface area contributed by atoms with Crippen LogP contribution in [0.2, 0.25) is 19.6 Å². The lowest BCUT2D eigenvalue weighted by molar-refractivity contribution is -0.144. The Hall–Kier alpha value is -1.94. The van der Waals surface area contributed by atoms with Crippen LogP contribution in [0.25, 0.3) is 0 Å². The number of nitrogens with one attached hydrogen (secondary N) is 1. The van der Waals surface area contributed by atoms with Crippen molar-refractivity contribution in [3.05, 3.63) is 28.8 Å². The summed E-state index contributed by atoms with van der Waals surface area (Å²) in [6.45, 7) is 6.12. The maximum atomic E-state index is 13.0. The number of halogens is 3. The Labute approximate surface area is 140 Å². The molecule has 130 valence electrons. The molecule has 0 amide bonds. The van der Waals surface area contributed by atoms with Gasteiger partial charge in [0.2, 0.25) is 0 Å². The summed E-state index contributed by atoms with van der Waals surface area (Å²) in [5.74, 6) is 2.01. The highest BCUT2D eigenvalue weighted by Crippen LogP contribution is 2.35. The molecule has 0 fully saturated rings. The SMILES string of the molecule is C[Si](C)(C)C#Cc1cc(CC(=O)O)cc2c1NC(C(F)(F)F)CC2. The Morgan fingerprint density at radius 1 is 1.38 bits per heavy atom. The molecule has 0 bridgehead atoms. The summed E-state index contributed by atoms with van der Waals surface area (Å²) in [5, 5.41) is 11.5. The van der Waals surface area contributed by atoms with Gasteiger partial charge in [-0.2, -0.15) is 13.2 Å². The number of carboxylic acid groups (broad SMARTS) is 1. The van der Waals surface area contributed by atoms with Crippen molar-refractivity contribution >= 4 is 19.7 Å². The van der Waals surface area contributed by atoms with Crippen LogP contribution in [-0.2, 0) is 17.6 Å². The molecule has 1 aromatic carbocycles. The molecule has 24 heavy (non-hydrogen) atoms. The molecule has 0 aliphatic carbocycles. The van der Waals surface area contributed by atoms with Gasteiger partial charge < -0.3 is 10.4 Å². The number of aryl methyl sites for hydroxylation is 1. The second-order valence-electron chi connectivity index (χ2n) is 7.03. The van der Waals surface area contributed by atoms with E-state index in [0.29, 0.717) is 22.4 Å². The zero-order valence-corrected chi connectivity index (χ0v) is 14.8. The van der Waals surface area contributed by atoms with Crippen LogP contribution in [0.4, 0.5) is 18.9 Å². The zero-order chi connectivity index (χ0) is 18.1. The molecule has 2 rings (SSSR count). The largest absolute Gasteiger partial charge is 0.481 e. The standard InChI is InChI=1S/C17H20F3NO2Si/c1-24(2,3)7-6-13-9-11(10-15(22)23)8-12-4-5-14(17(18,19)20)21-16(12)13/h8-9,14,21H,4-5,10H2,1-3H3,(H,22,23). The van der Waals surface area contributed by atoms with Crippen LogP contribution >= 0.6 is 0 Å². The van der Waals surface area contributed by atoms with Crippen LogP contribution in [0.15, 0.2) is 12.1 Å². The summed E-state index contributed by atoms with van der Waals surface area (Å²) in [5.41, 5.74) is 5.26. The number of carbonyl (C=O) groups is 1. The van der Waals surface area contributed by atoms with Crippen molar-refractivity contribution in [1.82, 2.24) is 0 Å². The minimum absolute atomic E-state index is 0.0616. The molecule has 7 heteroatoms. The number of carboxylic acids is 1. The quantitative estimate of drug-likeness (QED) is 0.626. The van der Waals surface area contributed by atoms with Crippen LogP contribution in [0.5, 0.6) is 0 Å². The molecule has 1 aliphatic rings. The van der Waals surface area contributed by atoms with Crippen LogP contribution < -0.4 is 5.32 Å². The molecule has 1 aliphatic heterocycles. The molecule has 0 spiro atoms. The van der Waals surface area contributed by atoms with Crippen molar-refractivity contribution in [2.24, 2.45) is 0 Å². The molecule has 0 aromatic heterocycles. The van der Waals surface area contributed by atoms with Gasteiger partial charge in [0.1, 0.15) is 14.1 Å². The fourth-order valence-electron chi connectivity index (χ4n) is 2.56. The van der Waals surface area contributed by atoms with Crippen LogP contribution in [-0.4, -0.2) is 31.4 Å². The van der Waals surface area contributed by atoms with Crippen molar-refractivity contribution < 1.29 is 23.1 Å². The van der Waals surface area contributed by atoms with E-state index in [-0.39, 0.29) is 19.3 Å². The third-order valence-electron chi connectivity index (χ3n) is 3.62. The lowest BCUT2D eigenvalue weighted by atomic mass is 9.92. The highest BCUT2D eigenvalue weighted by atomic mass is 28.3. The fourth-order valence-corrected chi connectivity index (χ4v) is 3.07. The Morgan fingerprint density at radius 3 is 2.58 bits per heavy atom. The van der Waals surface area contributed by atoms with Crippen molar-refractivity contribution in [2.45, 2.75) is 51.1 Å². The van der Waals surface area contributed by atoms with E-state index in [1.54, 1.807) is 12.1 Å². The minimum Gasteiger partial charge on any atom is -0.481 e. The number of benzene rings is 1. The Balaban J connectivity index is 2.49. The van der Waals surface area contributed by atoms with E-state index in [2.05, 4.69) is 16.8 Å². The second kappa shape index (κ2) is 6.52. The predicted octanol–water partition coefficient (Wildman–Crippen LogP) is 3.83. The molecule has 1 atom stereocenters. The topological polar surface area (TPSA) is 49.3 Å². The Bertz CT molecular complexity index is 712. The van der Waals surface area contributed by atoms with Gasteiger partial charge in [0.05, 0.1) is 12.1 Å². The van der Waals surface area contributed by atoms with E-state index < -0.39 is 26.3 Å². The first-order valence-corrected chi connectivity index (χ1v) is 11.2. The van der Waals surface area contributed by atoms with E-state index >= 15 is 0 Å². The highest BCUT2D eigenvalue weighted by Gasteiger charge is 2.41. The van der Waals surface area contributed by atoms with Gasteiger partial charge in [-0.05, 0) is 30.0 Å². The fraction of sp³-hybridized carbons (Fsp3) is 0.471. The minimum atomic E-state index is -4.32. The summed E-state index contributed by atoms with van der Waals surface area (Å²) >= 11 is 0. The van der Waals surface area contributed by atoms with Crippen molar-refractivity contribution in [3.8, 4) is 11.5 Å². The third-order valence-corrected chi connectivity index (χ3v) is 4.50. The summed E-state index contributed by atoms with van der Waals surface area (Å²) < 4.78 is 39.1. The first kappa shape index (κ1) is 18.4. The lowest BCUT2D eigenvalue weighted by Crippen LogP contribution is -2.39. The monoisotopic (exact) mass is 355 g/mol. The molecule has 0 saturated carbocycles. The maximum Gasteiger partial charge on any atom is 0.408 e. The van der Waals surface area contributed by atoms with Gasteiger partial charge in [-0.1, -0.05) is 31.6 Å². The third kappa shape index (κ3) is 4.77. The van der Waals surface area contributed by atoms with Gasteiger partial charge in [-0.25, -0.2) is 0 Å². The molecule has 2 N–H and O–H groups in total. The number of rotatable bonds is 2. The summed E-state index contributed by atoms with van der Waals surface area (Å²) in [6, 6.07) is 1.66. The van der Waals surface area contributed by atoms with Crippen LogP contribution in [0, 0.1) is 11.5 Å². The predicted molar refractivity (Wildman–Crippen MR) is 89.8 cm³/mol. The Morgan fingerprint density at radius 2 is 2.04 bits per heavy atom. The number of alkyl halides is 3. The van der Waals surface area contributed by atoms with Gasteiger partial charge in [-0.3, -0.25) is 4.79 Å². The van der Waals surface area contributed by atoms with Crippen molar-refractivity contribution in [2.75, 3.05) is 5.32 Å². The maximum absolute atomic E-state index is 13.0. The smallest absolute Gasteiger partial charge is 0.408 e. The van der Waals surface area contributed by atoms with Gasteiger partial charge in [0, 0.05) is 5.56 Å². The van der Waals surface area contributed by atoms with Gasteiger partial charge in [0.25, 0.3) is 0 Å². The van der Waals surface area contributed by atoms with E-state index in [1.165, 1.54) is 0 Å². The van der Waals surface area contributed by atoms with E-state index in [4.69, 9.17) is 5.11 Å². The van der Waals surface area contributed by atoms with Gasteiger partial charge in [0.15, 0.2) is 0 Å². The van der Waals surface area contributed by atoms with Gasteiger partial charge in [-0.15, -0.1) is 5.54 Å². The normalized spacial score (nSPS) is 17.3. The average Bonchev–Trinajstić information content (AvgIpc) is 2.41. The molecule has 0 radical (unpaired) electrons. The molecule has 1 heterocycles. The summed E-state index contributed by atoms with van der Waals surface area (Å²) in [4.78, 5) is 11.0. The summed E-state index contributed by atoms with van der Waals surface area (Å²) in [6.07, 6.45) is -4.30. The molecular formula is C17H20F3NO2Si. The highest BCUT2D eigenvalue weighted by molar-refractivity contribution is 6.83. The van der Waals surface area contributed by atoms with Gasteiger partial charge >= 0.3 is 12.1 Å². The number of anilines is 1. The summed E-state index contributed by atoms with van der Waals surface area (Å²) in [7, 11) is -1.72. The van der Waals surface area contributed by atoms with Crippen molar-refractivity contribution in [1.29, 1.82) is 0 Å². The lowest BCUT2D eigenvalue weighted by Gasteiger charge is -2.30. The first-order valence-electron chi connectivity index (χ1n) is 7.70. The zero-order valence-electron chi connectivity index (χ0n) is 13.8. The molecule has 1 aromatic rings. The Kier molecular flexibility index (Phi) is 4.99. The van der Waals surface area contributed by atoms with E-state index in [0.717, 1.165) is 0 Å². The second-order valence-corrected chi connectivity index (χ2v) is 11.8. The van der Waals surface area contributed by atoms with E-state index in [9.17, 15) is 18.0 Å². The average molecular weight is 355 g/mol. The number of hydrogen-bond acceptors (Lipinski definition) is 2. The number of aliphatic carboxylic acids is 1. The first-order chi connectivity index (χ1) is 11.0.